The van der Waals surface area contributed by atoms with Crippen LogP contribution in [0.4, 0.5) is 0 Å². The van der Waals surface area contributed by atoms with Crippen LogP contribution in [0.1, 0.15) is 13.3 Å². The summed E-state index contributed by atoms with van der Waals surface area (Å²) in [5, 5.41) is 103. The van der Waals surface area contributed by atoms with Crippen LogP contribution in [0, 0.1) is 5.92 Å². The van der Waals surface area contributed by atoms with Crippen molar-refractivity contribution in [3.8, 4) is 0 Å². The number of methoxy groups -OCH3 is 1. The van der Waals surface area contributed by atoms with E-state index in [2.05, 4.69) is 0 Å². The number of aliphatic hydroxyl groups excluding tert-OH is 9. The predicted molar refractivity (Wildman–Crippen MR) is 130 cm³/mol. The molecule has 0 aromatic rings. The van der Waals surface area contributed by atoms with Gasteiger partial charge in [0.05, 0.1) is 58.0 Å². The highest BCUT2D eigenvalue weighted by Gasteiger charge is 2.56. The molecule has 40 heavy (non-hydrogen) atoms. The summed E-state index contributed by atoms with van der Waals surface area (Å²) in [6.45, 7) is -0.977. The second-order valence-corrected chi connectivity index (χ2v) is 10.5. The highest BCUT2D eigenvalue weighted by Crippen LogP contribution is 2.33. The fourth-order valence-electron chi connectivity index (χ4n) is 5.36. The molecule has 3 heterocycles. The number of hydrogen-bond donors (Lipinski definition) is 10. The molecule has 3 saturated heterocycles. The summed E-state index contributed by atoms with van der Waals surface area (Å²) in [7, 11) is 1.24. The van der Waals surface area contributed by atoms with Crippen molar-refractivity contribution in [2.45, 2.75) is 98.5 Å². The molecule has 16 nitrogen and oxygen atoms in total. The molecule has 236 valence electrons. The Kier molecular flexibility index (Phi) is 12.4. The molecule has 0 aliphatic carbocycles. The summed E-state index contributed by atoms with van der Waals surface area (Å²) < 4.78 is 32.9. The SMILES string of the molecule is CC[C@@H]1O[C@@H](CO)[C@@H](COC[C@@H]2OC(CO[C@H]3OC(CO)[C@H](O)[C@@H](O)C3O)[C@@](O)(COC)[C@@H](O)C2O)C(O)C1O. The van der Waals surface area contributed by atoms with E-state index >= 15 is 0 Å². The van der Waals surface area contributed by atoms with Gasteiger partial charge >= 0.3 is 0 Å². The lowest BCUT2D eigenvalue weighted by Crippen LogP contribution is -2.70. The van der Waals surface area contributed by atoms with Crippen LogP contribution in [-0.2, 0) is 28.4 Å². The topological polar surface area (TPSA) is 258 Å². The van der Waals surface area contributed by atoms with E-state index in [-0.39, 0.29) is 13.2 Å². The van der Waals surface area contributed by atoms with Gasteiger partial charge in [-0.3, -0.25) is 0 Å². The number of hydrogen-bond acceptors (Lipinski definition) is 16. The molecule has 0 aromatic heterocycles. The first kappa shape index (κ1) is 33.9. The maximum atomic E-state index is 11.2. The van der Waals surface area contributed by atoms with Gasteiger partial charge in [-0.2, -0.15) is 0 Å². The molecule has 3 fully saturated rings. The molecule has 0 radical (unpaired) electrons. The van der Waals surface area contributed by atoms with Gasteiger partial charge in [-0.1, -0.05) is 6.92 Å². The Balaban J connectivity index is 1.66. The Labute approximate surface area is 231 Å². The van der Waals surface area contributed by atoms with Crippen LogP contribution in [0.3, 0.4) is 0 Å². The molecule has 0 saturated carbocycles. The normalized spacial score (nSPS) is 48.3. The first-order valence-electron chi connectivity index (χ1n) is 13.3. The van der Waals surface area contributed by atoms with Crippen molar-refractivity contribution in [3.63, 3.8) is 0 Å². The van der Waals surface area contributed by atoms with Crippen LogP contribution in [-0.4, -0.2) is 183 Å². The predicted octanol–water partition coefficient (Wildman–Crippen LogP) is -5.81. The molecule has 0 spiro atoms. The average molecular weight is 589 g/mol. The Morgan fingerprint density at radius 2 is 1.32 bits per heavy atom. The molecule has 10 N–H and O–H groups in total. The van der Waals surface area contributed by atoms with Gasteiger partial charge in [0.15, 0.2) is 6.29 Å². The van der Waals surface area contributed by atoms with E-state index in [0.29, 0.717) is 6.42 Å². The smallest absolute Gasteiger partial charge is 0.186 e. The Morgan fingerprint density at radius 3 is 1.93 bits per heavy atom. The van der Waals surface area contributed by atoms with Gasteiger partial charge in [0.1, 0.15) is 60.5 Å². The Morgan fingerprint density at radius 1 is 0.675 bits per heavy atom. The lowest BCUT2D eigenvalue weighted by molar-refractivity contribution is -0.330. The summed E-state index contributed by atoms with van der Waals surface area (Å²) in [4.78, 5) is 0. The summed E-state index contributed by atoms with van der Waals surface area (Å²) in [5.74, 6) is -0.816. The van der Waals surface area contributed by atoms with Crippen molar-refractivity contribution in [2.24, 2.45) is 5.92 Å². The quantitative estimate of drug-likeness (QED) is 0.102. The van der Waals surface area contributed by atoms with Crippen molar-refractivity contribution in [2.75, 3.05) is 46.8 Å². The van der Waals surface area contributed by atoms with Gasteiger partial charge in [0.25, 0.3) is 0 Å². The van der Waals surface area contributed by atoms with Crippen LogP contribution >= 0.6 is 0 Å². The maximum Gasteiger partial charge on any atom is 0.186 e. The monoisotopic (exact) mass is 588 g/mol. The van der Waals surface area contributed by atoms with Crippen LogP contribution in [0.5, 0.6) is 0 Å². The fraction of sp³-hybridized carbons (Fsp3) is 1.00. The van der Waals surface area contributed by atoms with Crippen LogP contribution < -0.4 is 0 Å². The van der Waals surface area contributed by atoms with Gasteiger partial charge < -0.3 is 79.5 Å². The number of rotatable bonds is 12. The highest BCUT2D eigenvalue weighted by molar-refractivity contribution is 5.04. The van der Waals surface area contributed by atoms with E-state index < -0.39 is 117 Å². The second kappa shape index (κ2) is 14.7. The summed E-state index contributed by atoms with van der Waals surface area (Å²) in [5.41, 5.74) is -2.20. The zero-order valence-corrected chi connectivity index (χ0v) is 22.5. The molecule has 0 amide bonds. The summed E-state index contributed by atoms with van der Waals surface area (Å²) in [6.07, 6.45) is -17.5. The molecular formula is C24H44O16. The molecule has 0 bridgehead atoms. The third-order valence-corrected chi connectivity index (χ3v) is 7.92. The minimum absolute atomic E-state index is 0.211. The lowest BCUT2D eigenvalue weighted by Gasteiger charge is -2.49. The standard InChI is InChI=1S/C24H44O16/c1-3-11-17(28)16(27)10(12(4-25)38-11)6-36-7-14-19(30)22(33)24(34,9-35-2)15(39-14)8-37-23-21(32)20(31)18(29)13(5-26)40-23/h10-23,25-34H,3-9H2,1-2H3/t10-,11+,12+,13?,14+,15?,16?,17?,18+,19?,20-,21?,22+,23+,24+/m1/s1. The van der Waals surface area contributed by atoms with E-state index in [1.54, 1.807) is 6.92 Å². The zero-order valence-electron chi connectivity index (χ0n) is 22.5. The third kappa shape index (κ3) is 6.94. The van der Waals surface area contributed by atoms with Crippen molar-refractivity contribution < 1.29 is 79.5 Å². The molecule has 3 aliphatic rings. The summed E-state index contributed by atoms with van der Waals surface area (Å²) >= 11 is 0. The Bertz CT molecular complexity index is 758. The first-order chi connectivity index (χ1) is 18.9. The largest absolute Gasteiger partial charge is 0.394 e. The Hall–Kier alpha value is -0.640. The molecule has 3 rings (SSSR count). The van der Waals surface area contributed by atoms with Crippen LogP contribution in [0.25, 0.3) is 0 Å². The van der Waals surface area contributed by atoms with Gasteiger partial charge in [0, 0.05) is 13.0 Å². The number of ether oxygens (including phenoxy) is 6. The second-order valence-electron chi connectivity index (χ2n) is 10.5. The lowest BCUT2D eigenvalue weighted by atomic mass is 9.83. The van der Waals surface area contributed by atoms with Gasteiger partial charge in [-0.25, -0.2) is 0 Å². The maximum absolute atomic E-state index is 11.2. The van der Waals surface area contributed by atoms with Crippen LogP contribution in [0.15, 0.2) is 0 Å². The van der Waals surface area contributed by atoms with Crippen molar-refractivity contribution >= 4 is 0 Å². The van der Waals surface area contributed by atoms with Gasteiger partial charge in [0.2, 0.25) is 0 Å². The third-order valence-electron chi connectivity index (χ3n) is 7.92. The van der Waals surface area contributed by atoms with Gasteiger partial charge in [-0.15, -0.1) is 0 Å². The van der Waals surface area contributed by atoms with E-state index in [9.17, 15) is 51.1 Å². The van der Waals surface area contributed by atoms with E-state index in [4.69, 9.17) is 28.4 Å². The number of aliphatic hydroxyl groups is 10. The molecule has 6 unspecified atom stereocenters. The molecule has 3 aliphatic heterocycles. The average Bonchev–Trinajstić information content (AvgIpc) is 2.94. The van der Waals surface area contributed by atoms with E-state index in [1.807, 2.05) is 0 Å². The summed E-state index contributed by atoms with van der Waals surface area (Å²) in [6, 6.07) is 0. The van der Waals surface area contributed by atoms with Crippen molar-refractivity contribution in [3.05, 3.63) is 0 Å². The highest BCUT2D eigenvalue weighted by atomic mass is 16.7. The zero-order chi connectivity index (χ0) is 29.8. The first-order valence-corrected chi connectivity index (χ1v) is 13.3. The van der Waals surface area contributed by atoms with Gasteiger partial charge in [-0.05, 0) is 6.42 Å². The minimum Gasteiger partial charge on any atom is -0.394 e. The van der Waals surface area contributed by atoms with Crippen molar-refractivity contribution in [1.29, 1.82) is 0 Å². The molecule has 0 aromatic carbocycles. The molecular weight excluding hydrogens is 544 g/mol. The minimum atomic E-state index is -2.20. The van der Waals surface area contributed by atoms with E-state index in [0.717, 1.165) is 0 Å². The molecule has 16 heteroatoms. The fourth-order valence-corrected chi connectivity index (χ4v) is 5.36. The van der Waals surface area contributed by atoms with E-state index in [1.165, 1.54) is 7.11 Å². The van der Waals surface area contributed by atoms with Crippen molar-refractivity contribution in [1.82, 2.24) is 0 Å². The molecule has 15 atom stereocenters. The van der Waals surface area contributed by atoms with Crippen LogP contribution in [0.2, 0.25) is 0 Å².